The van der Waals surface area contributed by atoms with Crippen LogP contribution in [0.3, 0.4) is 0 Å². The topological polar surface area (TPSA) is 87.2 Å². The van der Waals surface area contributed by atoms with E-state index in [1.165, 1.54) is 16.7 Å². The Balaban J connectivity index is 1.78. The molecule has 1 N–H and O–H groups in total. The fourth-order valence-electron chi connectivity index (χ4n) is 4.91. The molecule has 4 heterocycles. The van der Waals surface area contributed by atoms with Crippen LogP contribution in [0, 0.1) is 11.8 Å². The molecule has 0 aromatic heterocycles. The van der Waals surface area contributed by atoms with Crippen LogP contribution in [-0.4, -0.2) is 81.6 Å². The summed E-state index contributed by atoms with van der Waals surface area (Å²) < 4.78 is 4.49. The van der Waals surface area contributed by atoms with Crippen LogP contribution in [0.1, 0.15) is 19.8 Å². The van der Waals surface area contributed by atoms with E-state index in [1.54, 1.807) is 4.90 Å². The molecular formula is C20H26N2O5S. The Kier molecular flexibility index (Phi) is 5.26. The molecule has 2 saturated heterocycles. The van der Waals surface area contributed by atoms with Gasteiger partial charge in [0, 0.05) is 24.9 Å². The van der Waals surface area contributed by atoms with Crippen LogP contribution in [0.15, 0.2) is 24.3 Å². The number of ether oxygens (including phenoxy) is 1. The second kappa shape index (κ2) is 7.55. The highest BCUT2D eigenvalue weighted by Crippen LogP contribution is 2.60. The van der Waals surface area contributed by atoms with Gasteiger partial charge in [-0.05, 0) is 6.42 Å². The van der Waals surface area contributed by atoms with Crippen LogP contribution >= 0.6 is 11.8 Å². The Morgan fingerprint density at radius 2 is 2.07 bits per heavy atom. The van der Waals surface area contributed by atoms with Gasteiger partial charge in [0.2, 0.25) is 11.8 Å². The fraction of sp³-hybridized carbons (Fsp3) is 0.650. The van der Waals surface area contributed by atoms with E-state index in [2.05, 4.69) is 6.92 Å². The number of hydrogen-bond donors (Lipinski definition) is 1. The van der Waals surface area contributed by atoms with Crippen LogP contribution in [0.2, 0.25) is 0 Å². The van der Waals surface area contributed by atoms with Crippen molar-refractivity contribution in [2.45, 2.75) is 35.8 Å². The zero-order chi connectivity index (χ0) is 19.9. The molecule has 4 aliphatic rings. The van der Waals surface area contributed by atoms with Gasteiger partial charge in [-0.25, -0.2) is 0 Å². The first-order valence-corrected chi connectivity index (χ1v) is 10.8. The summed E-state index contributed by atoms with van der Waals surface area (Å²) in [6, 6.07) is -0.703. The molecule has 0 saturated carbocycles. The second-order valence-electron chi connectivity index (χ2n) is 7.70. The number of fused-ring (bicyclic) bond motifs is 2. The van der Waals surface area contributed by atoms with Gasteiger partial charge in [-0.2, -0.15) is 0 Å². The van der Waals surface area contributed by atoms with Crippen molar-refractivity contribution < 1.29 is 24.2 Å². The number of amides is 2. The van der Waals surface area contributed by atoms with Crippen molar-refractivity contribution in [3.05, 3.63) is 24.3 Å². The molecule has 0 aromatic rings. The second-order valence-corrected chi connectivity index (χ2v) is 9.18. The number of aliphatic hydroxyl groups is 1. The van der Waals surface area contributed by atoms with Gasteiger partial charge in [-0.3, -0.25) is 14.4 Å². The maximum Gasteiger partial charge on any atom is 0.311 e. The number of hydrogen-bond acceptors (Lipinski definition) is 6. The largest absolute Gasteiger partial charge is 0.461 e. The van der Waals surface area contributed by atoms with Gasteiger partial charge in [0.15, 0.2) is 0 Å². The van der Waals surface area contributed by atoms with E-state index in [0.717, 1.165) is 12.8 Å². The van der Waals surface area contributed by atoms with E-state index < -0.39 is 22.6 Å². The smallest absolute Gasteiger partial charge is 0.311 e. The third-order valence-corrected chi connectivity index (χ3v) is 7.86. The molecule has 4 aliphatic heterocycles. The first kappa shape index (κ1) is 19.5. The molecule has 0 aromatic carbocycles. The van der Waals surface area contributed by atoms with Crippen molar-refractivity contribution in [1.29, 1.82) is 0 Å². The summed E-state index contributed by atoms with van der Waals surface area (Å²) >= 11 is 1.52. The van der Waals surface area contributed by atoms with Crippen molar-refractivity contribution in [1.82, 2.24) is 9.80 Å². The number of thioether (sulfide) groups is 1. The first-order chi connectivity index (χ1) is 13.5. The lowest BCUT2D eigenvalue weighted by Crippen LogP contribution is -2.53. The van der Waals surface area contributed by atoms with Gasteiger partial charge in [-0.1, -0.05) is 37.6 Å². The Bertz CT molecular complexity index is 738. The number of nitrogens with zero attached hydrogens (tertiary/aromatic N) is 2. The molecule has 1 unspecified atom stereocenters. The van der Waals surface area contributed by atoms with Gasteiger partial charge in [0.05, 0.1) is 23.2 Å². The van der Waals surface area contributed by atoms with Crippen LogP contribution in [0.5, 0.6) is 0 Å². The highest BCUT2D eigenvalue weighted by Gasteiger charge is 2.70. The van der Waals surface area contributed by atoms with Crippen molar-refractivity contribution in [2.24, 2.45) is 11.8 Å². The quantitative estimate of drug-likeness (QED) is 0.531. The molecular weight excluding hydrogens is 380 g/mol. The Morgan fingerprint density at radius 1 is 1.25 bits per heavy atom. The SMILES string of the molecule is CCCCN1CC=C[C@]23S[C@H]4C=CCOC(=O)[C@H]4[C@H]2C(=O)N(CCO)C3C1=O. The van der Waals surface area contributed by atoms with E-state index in [0.29, 0.717) is 13.1 Å². The number of carbonyl (C=O) groups is 3. The van der Waals surface area contributed by atoms with E-state index in [1.807, 2.05) is 24.3 Å². The number of carbonyl (C=O) groups excluding carboxylic acids is 3. The third-order valence-electron chi connectivity index (χ3n) is 6.12. The minimum atomic E-state index is -0.805. The van der Waals surface area contributed by atoms with Gasteiger partial charge < -0.3 is 19.6 Å². The molecule has 2 fully saturated rings. The van der Waals surface area contributed by atoms with Crippen LogP contribution < -0.4 is 0 Å². The molecule has 4 rings (SSSR count). The molecule has 0 bridgehead atoms. The number of cyclic esters (lactones) is 1. The highest BCUT2D eigenvalue weighted by atomic mass is 32.2. The molecule has 2 amide bonds. The molecule has 0 radical (unpaired) electrons. The molecule has 152 valence electrons. The molecule has 7 nitrogen and oxygen atoms in total. The number of aliphatic hydroxyl groups excluding tert-OH is 1. The van der Waals surface area contributed by atoms with Gasteiger partial charge >= 0.3 is 5.97 Å². The molecule has 0 aliphatic carbocycles. The Labute approximate surface area is 168 Å². The van der Waals surface area contributed by atoms with Crippen molar-refractivity contribution >= 4 is 29.5 Å². The van der Waals surface area contributed by atoms with Crippen molar-refractivity contribution in [2.75, 3.05) is 32.8 Å². The van der Waals surface area contributed by atoms with Gasteiger partial charge in [0.1, 0.15) is 12.6 Å². The monoisotopic (exact) mass is 406 g/mol. The predicted molar refractivity (Wildman–Crippen MR) is 104 cm³/mol. The fourth-order valence-corrected chi connectivity index (χ4v) is 6.92. The minimum absolute atomic E-state index is 0.0891. The summed E-state index contributed by atoms with van der Waals surface area (Å²) in [6.07, 6.45) is 9.55. The van der Waals surface area contributed by atoms with Gasteiger partial charge in [0.25, 0.3) is 0 Å². The number of β-amino-alcohol motifs (C(OH)–C–C–N with tert-alkyl or cyclic N) is 1. The maximum atomic E-state index is 13.5. The third kappa shape index (κ3) is 2.80. The van der Waals surface area contributed by atoms with E-state index >= 15 is 0 Å². The summed E-state index contributed by atoms with van der Waals surface area (Å²) in [5.74, 6) is -1.97. The number of esters is 1. The highest BCUT2D eigenvalue weighted by molar-refractivity contribution is 8.02. The molecule has 28 heavy (non-hydrogen) atoms. The summed E-state index contributed by atoms with van der Waals surface area (Å²) in [5.41, 5.74) is 0. The van der Waals surface area contributed by atoms with Crippen molar-refractivity contribution in [3.8, 4) is 0 Å². The molecule has 5 atom stereocenters. The van der Waals surface area contributed by atoms with E-state index in [9.17, 15) is 19.5 Å². The van der Waals surface area contributed by atoms with Crippen LogP contribution in [-0.2, 0) is 19.1 Å². The Morgan fingerprint density at radius 3 is 2.82 bits per heavy atom. The Hall–Kier alpha value is -1.80. The lowest BCUT2D eigenvalue weighted by atomic mass is 9.78. The van der Waals surface area contributed by atoms with Crippen LogP contribution in [0.4, 0.5) is 0 Å². The van der Waals surface area contributed by atoms with Gasteiger partial charge in [-0.15, -0.1) is 11.8 Å². The number of rotatable bonds is 5. The lowest BCUT2D eigenvalue weighted by Gasteiger charge is -2.35. The maximum absolute atomic E-state index is 13.5. The summed E-state index contributed by atoms with van der Waals surface area (Å²) in [6.45, 7) is 3.29. The van der Waals surface area contributed by atoms with Crippen LogP contribution in [0.25, 0.3) is 0 Å². The zero-order valence-corrected chi connectivity index (χ0v) is 16.8. The zero-order valence-electron chi connectivity index (χ0n) is 16.0. The number of likely N-dealkylation sites (tertiary alicyclic amines) is 1. The minimum Gasteiger partial charge on any atom is -0.461 e. The molecule has 8 heteroatoms. The summed E-state index contributed by atoms with van der Waals surface area (Å²) in [5, 5.41) is 9.35. The normalized spacial score (nSPS) is 36.7. The van der Waals surface area contributed by atoms with Crippen molar-refractivity contribution in [3.63, 3.8) is 0 Å². The first-order valence-electron chi connectivity index (χ1n) is 9.94. The van der Waals surface area contributed by atoms with E-state index in [4.69, 9.17) is 4.74 Å². The number of unbranched alkanes of at least 4 members (excludes halogenated alkanes) is 1. The average Bonchev–Trinajstić information content (AvgIpc) is 2.97. The lowest BCUT2D eigenvalue weighted by molar-refractivity contribution is -0.151. The standard InChI is InChI=1S/C20H26N2O5S/c1-2-3-8-21-9-5-7-20-15(14-13(28-20)6-4-12-27-19(14)26)17(24)22(10-11-23)16(20)18(21)25/h4-7,13-16,23H,2-3,8-12H2,1H3/t13-,14+,15-,16?,20-/m0/s1. The van der Waals surface area contributed by atoms with E-state index in [-0.39, 0.29) is 42.8 Å². The predicted octanol–water partition coefficient (Wildman–Crippen LogP) is 0.588. The summed E-state index contributed by atoms with van der Waals surface area (Å²) in [7, 11) is 0. The summed E-state index contributed by atoms with van der Waals surface area (Å²) in [4.78, 5) is 42.9. The average molecular weight is 407 g/mol. The molecule has 1 spiro atoms.